The molecule has 1 aromatic heterocycles. The molecule has 316 valence electrons. The van der Waals surface area contributed by atoms with Gasteiger partial charge < -0.3 is 15.2 Å². The van der Waals surface area contributed by atoms with Gasteiger partial charge in [-0.1, -0.05) is 186 Å². The van der Waals surface area contributed by atoms with Gasteiger partial charge in [-0.3, -0.25) is 9.59 Å². The van der Waals surface area contributed by atoms with E-state index < -0.39 is 0 Å². The molecular weight excluding hydrogens is 683 g/mol. The molecule has 0 saturated carbocycles. The van der Waals surface area contributed by atoms with Gasteiger partial charge in [-0.25, -0.2) is 9.53 Å². The maximum atomic E-state index is 12.6. The fourth-order valence-electron chi connectivity index (χ4n) is 8.26. The van der Waals surface area contributed by atoms with E-state index in [2.05, 4.69) is 22.8 Å². The number of amides is 2. The van der Waals surface area contributed by atoms with Crippen LogP contribution in [0, 0.1) is 0 Å². The van der Waals surface area contributed by atoms with Crippen molar-refractivity contribution in [3.8, 4) is 0 Å². The van der Waals surface area contributed by atoms with Crippen LogP contribution in [-0.2, 0) is 29.5 Å². The molecule has 0 fully saturated rings. The highest BCUT2D eigenvalue weighted by Crippen LogP contribution is 2.24. The lowest BCUT2D eigenvalue weighted by Crippen LogP contribution is -2.16. The summed E-state index contributed by atoms with van der Waals surface area (Å²) >= 11 is 0. The van der Waals surface area contributed by atoms with E-state index in [0.29, 0.717) is 12.8 Å². The van der Waals surface area contributed by atoms with E-state index in [1.54, 1.807) is 18.8 Å². The highest BCUT2D eigenvalue weighted by molar-refractivity contribution is 5.82. The van der Waals surface area contributed by atoms with Crippen molar-refractivity contribution in [2.75, 3.05) is 14.1 Å². The molecule has 0 unspecified atom stereocenters. The summed E-state index contributed by atoms with van der Waals surface area (Å²) in [5, 5.41) is 6.16. The molecule has 2 N–H and O–H groups in total. The molecule has 0 aliphatic rings. The van der Waals surface area contributed by atoms with Gasteiger partial charge in [0.25, 0.3) is 0 Å². The largest absolute Gasteiger partial charge is 0.365 e. The zero-order valence-corrected chi connectivity index (χ0v) is 36.2. The fraction of sp³-hybridized carbons (Fsp3) is 0.812. The summed E-state index contributed by atoms with van der Waals surface area (Å²) in [5.41, 5.74) is 3.39. The highest BCUT2D eigenvalue weighted by atomic mass is 16.5. The monoisotopic (exact) mass is 768 g/mol. The van der Waals surface area contributed by atoms with Crippen LogP contribution < -0.4 is 16.3 Å². The Labute approximate surface area is 337 Å². The van der Waals surface area contributed by atoms with Gasteiger partial charge >= 0.3 is 5.63 Å². The van der Waals surface area contributed by atoms with Crippen LogP contribution in [0.4, 0.5) is 0 Å². The van der Waals surface area contributed by atoms with Gasteiger partial charge in [0.15, 0.2) is 0 Å². The Morgan fingerprint density at radius 2 is 0.782 bits per heavy atom. The molecule has 0 aliphatic carbocycles. The molecule has 0 saturated heterocycles. The minimum Gasteiger partial charge on any atom is -0.359 e. The second-order valence-corrected chi connectivity index (χ2v) is 16.7. The van der Waals surface area contributed by atoms with Crippen LogP contribution >= 0.6 is 0 Å². The van der Waals surface area contributed by atoms with Crippen LogP contribution in [-0.4, -0.2) is 30.6 Å². The van der Waals surface area contributed by atoms with Crippen molar-refractivity contribution in [1.82, 2.24) is 15.4 Å². The van der Waals surface area contributed by atoms with Crippen LogP contribution in [0.15, 0.2) is 21.5 Å². The summed E-state index contributed by atoms with van der Waals surface area (Å²) in [7, 11) is 5.31. The van der Waals surface area contributed by atoms with E-state index in [9.17, 15) is 14.4 Å². The van der Waals surface area contributed by atoms with Crippen molar-refractivity contribution >= 4 is 22.7 Å². The van der Waals surface area contributed by atoms with E-state index in [1.807, 2.05) is 7.05 Å². The first-order valence-corrected chi connectivity index (χ1v) is 23.5. The maximum Gasteiger partial charge on any atom is 0.365 e. The predicted molar refractivity (Wildman–Crippen MR) is 234 cm³/mol. The fourth-order valence-corrected chi connectivity index (χ4v) is 8.26. The number of carbonyl (C=O) groups excluding carboxylic acids is 2. The number of rotatable bonds is 38. The number of nitrogens with one attached hydrogen (secondary N) is 2. The summed E-state index contributed by atoms with van der Waals surface area (Å²) in [6.07, 6.45) is 45.2. The van der Waals surface area contributed by atoms with E-state index >= 15 is 0 Å². The number of benzene rings is 1. The van der Waals surface area contributed by atoms with Crippen LogP contribution in [0.5, 0.6) is 0 Å². The van der Waals surface area contributed by atoms with E-state index in [-0.39, 0.29) is 17.4 Å². The molecule has 0 atom stereocenters. The average molecular weight is 768 g/mol. The topological polar surface area (TPSA) is 93.3 Å². The van der Waals surface area contributed by atoms with Gasteiger partial charge in [0, 0.05) is 34.0 Å². The minimum atomic E-state index is -0.197. The SMILES string of the molecule is CNC(=O)CCCCCCCCCCCCCCCCCCc1cc(CCCCCCCCCCCCCCCCCCC(=O)NC)c2c(c1)c(=O)on2C. The molecule has 0 aliphatic heterocycles. The number of hydrogen-bond acceptors (Lipinski definition) is 4. The number of aryl methyl sites for hydroxylation is 3. The van der Waals surface area contributed by atoms with Gasteiger partial charge in [0.1, 0.15) is 0 Å². The molecule has 7 nitrogen and oxygen atoms in total. The summed E-state index contributed by atoms with van der Waals surface area (Å²) in [6, 6.07) is 4.46. The number of aromatic nitrogens is 1. The van der Waals surface area contributed by atoms with Crippen molar-refractivity contribution in [3.05, 3.63) is 33.7 Å². The number of hydrogen-bond donors (Lipinski definition) is 2. The summed E-state index contributed by atoms with van der Waals surface area (Å²) < 4.78 is 7.18. The smallest absolute Gasteiger partial charge is 0.359 e. The van der Waals surface area contributed by atoms with Gasteiger partial charge in [0.05, 0.1) is 10.9 Å². The molecular formula is C48H85N3O4. The first-order chi connectivity index (χ1) is 27.0. The van der Waals surface area contributed by atoms with E-state index in [1.165, 1.54) is 204 Å². The average Bonchev–Trinajstić information content (AvgIpc) is 3.48. The predicted octanol–water partition coefficient (Wildman–Crippen LogP) is 13.0. The minimum absolute atomic E-state index is 0.171. The lowest BCUT2D eigenvalue weighted by molar-refractivity contribution is -0.121. The third-order valence-corrected chi connectivity index (χ3v) is 11.8. The molecule has 2 rings (SSSR count). The molecule has 1 aromatic carbocycles. The Morgan fingerprint density at radius 1 is 0.473 bits per heavy atom. The van der Waals surface area contributed by atoms with E-state index in [4.69, 9.17) is 4.52 Å². The molecule has 1 heterocycles. The molecule has 0 bridgehead atoms. The highest BCUT2D eigenvalue weighted by Gasteiger charge is 2.13. The Kier molecular flexibility index (Phi) is 29.6. The number of nitrogens with zero attached hydrogens (tertiary/aromatic N) is 1. The van der Waals surface area contributed by atoms with Crippen molar-refractivity contribution in [2.24, 2.45) is 7.05 Å². The Morgan fingerprint density at radius 3 is 1.13 bits per heavy atom. The lowest BCUT2D eigenvalue weighted by Gasteiger charge is -2.09. The van der Waals surface area contributed by atoms with Gasteiger partial charge in [0.2, 0.25) is 11.8 Å². The molecule has 55 heavy (non-hydrogen) atoms. The quantitative estimate of drug-likeness (QED) is 0.0665. The van der Waals surface area contributed by atoms with Gasteiger partial charge in [-0.2, -0.15) is 0 Å². The lowest BCUT2D eigenvalue weighted by atomic mass is 9.97. The van der Waals surface area contributed by atoms with Crippen LogP contribution in [0.25, 0.3) is 10.9 Å². The normalized spacial score (nSPS) is 11.5. The van der Waals surface area contributed by atoms with Crippen molar-refractivity contribution < 1.29 is 14.1 Å². The molecule has 2 amide bonds. The molecule has 2 aromatic rings. The number of unbranched alkanes of at least 4 members (excludes halogenated alkanes) is 30. The summed E-state index contributed by atoms with van der Waals surface area (Å²) in [4.78, 5) is 35.1. The van der Waals surface area contributed by atoms with Crippen LogP contribution in [0.2, 0.25) is 0 Å². The zero-order chi connectivity index (χ0) is 39.6. The van der Waals surface area contributed by atoms with Crippen LogP contribution in [0.1, 0.15) is 229 Å². The maximum absolute atomic E-state index is 12.6. The Bertz CT molecular complexity index is 1300. The number of fused-ring (bicyclic) bond motifs is 1. The standard InChI is InChI=1S/C48H85N3O4/c1-49-45(52)38-34-30-26-22-18-14-10-6-4-8-12-16-20-24-28-32-36-42-40-43(47-44(41-42)48(54)55-51(47)3)37-33-29-25-21-17-13-9-5-7-11-15-19-23-27-31-35-39-46(53)50-2/h40-41H,4-39H2,1-3H3,(H,49,52)(H,50,53). The third kappa shape index (κ3) is 24.6. The second kappa shape index (κ2) is 33.6. The first kappa shape index (κ1) is 48.6. The van der Waals surface area contributed by atoms with Crippen molar-refractivity contribution in [3.63, 3.8) is 0 Å². The molecule has 7 heteroatoms. The van der Waals surface area contributed by atoms with Gasteiger partial charge in [-0.05, 0) is 55.7 Å². The van der Waals surface area contributed by atoms with Crippen molar-refractivity contribution in [1.29, 1.82) is 0 Å². The van der Waals surface area contributed by atoms with Gasteiger partial charge in [-0.15, -0.1) is 0 Å². The second-order valence-electron chi connectivity index (χ2n) is 16.7. The summed E-state index contributed by atoms with van der Waals surface area (Å²) in [5.74, 6) is 0.343. The Balaban J connectivity index is 1.45. The molecule has 0 radical (unpaired) electrons. The number of carbonyl (C=O) groups is 2. The summed E-state index contributed by atoms with van der Waals surface area (Å²) in [6.45, 7) is 0. The third-order valence-electron chi connectivity index (χ3n) is 11.8. The zero-order valence-electron chi connectivity index (χ0n) is 36.2. The first-order valence-electron chi connectivity index (χ1n) is 23.5. The Hall–Kier alpha value is -2.57. The van der Waals surface area contributed by atoms with Crippen LogP contribution in [0.3, 0.4) is 0 Å². The van der Waals surface area contributed by atoms with E-state index in [0.717, 1.165) is 36.6 Å². The van der Waals surface area contributed by atoms with Crippen molar-refractivity contribution in [2.45, 2.75) is 231 Å². The molecule has 0 spiro atoms.